The molecule has 0 bridgehead atoms. The van der Waals surface area contributed by atoms with Crippen molar-refractivity contribution in [3.63, 3.8) is 0 Å². The Morgan fingerprint density at radius 2 is 1.12 bits per heavy atom. The number of hydrogen-bond donors (Lipinski definition) is 1. The highest BCUT2D eigenvalue weighted by Gasteiger charge is 2.13. The number of carbonyl (C=O) groups is 2. The van der Waals surface area contributed by atoms with Crippen LogP contribution in [0.5, 0.6) is 0 Å². The summed E-state index contributed by atoms with van der Waals surface area (Å²) < 4.78 is 15.1. The molecule has 6 nitrogen and oxygen atoms in total. The Balaban J connectivity index is 0.000000578. The molecule has 0 heterocycles. The summed E-state index contributed by atoms with van der Waals surface area (Å²) in [5, 5.41) is 9.92. The van der Waals surface area contributed by atoms with Gasteiger partial charge < -0.3 is 19.3 Å². The molecule has 0 aliphatic heterocycles. The van der Waals surface area contributed by atoms with Crippen LogP contribution < -0.4 is 0 Å². The summed E-state index contributed by atoms with van der Waals surface area (Å²) in [6.45, 7) is 4.00. The average Bonchev–Trinajstić information content (AvgIpc) is 2.83. The van der Waals surface area contributed by atoms with Crippen molar-refractivity contribution in [1.29, 1.82) is 0 Å². The van der Waals surface area contributed by atoms with E-state index >= 15 is 0 Å². The molecule has 2 unspecified atom stereocenters. The van der Waals surface area contributed by atoms with Gasteiger partial charge in [-0.1, -0.05) is 61.3 Å². The molecule has 0 radical (unpaired) electrons. The van der Waals surface area contributed by atoms with E-state index < -0.39 is 5.97 Å². The van der Waals surface area contributed by atoms with E-state index in [1.54, 1.807) is 38.5 Å². The van der Waals surface area contributed by atoms with Crippen molar-refractivity contribution in [3.05, 3.63) is 69.7 Å². The van der Waals surface area contributed by atoms with Gasteiger partial charge in [-0.05, 0) is 48.2 Å². The van der Waals surface area contributed by atoms with Gasteiger partial charge in [0, 0.05) is 37.1 Å². The molecule has 33 heavy (non-hydrogen) atoms. The van der Waals surface area contributed by atoms with Gasteiger partial charge in [-0.25, -0.2) is 0 Å². The second-order valence-corrected chi connectivity index (χ2v) is 7.47. The van der Waals surface area contributed by atoms with E-state index in [0.717, 1.165) is 11.1 Å². The molecule has 184 valence electrons. The van der Waals surface area contributed by atoms with E-state index in [0.29, 0.717) is 29.3 Å². The number of rotatable bonds is 10. The number of benzene rings is 2. The van der Waals surface area contributed by atoms with Gasteiger partial charge in [0.25, 0.3) is 0 Å². The Morgan fingerprint density at radius 3 is 1.42 bits per heavy atom. The van der Waals surface area contributed by atoms with Gasteiger partial charge in [0.05, 0.1) is 19.3 Å². The molecule has 0 amide bonds. The van der Waals surface area contributed by atoms with Crippen molar-refractivity contribution in [2.75, 3.05) is 21.3 Å². The number of carboxylic acid groups (broad SMARTS) is 1. The van der Waals surface area contributed by atoms with Crippen LogP contribution in [-0.2, 0) is 23.8 Å². The molecule has 0 saturated heterocycles. The van der Waals surface area contributed by atoms with Crippen molar-refractivity contribution in [2.45, 2.75) is 51.7 Å². The molecule has 0 fully saturated rings. The normalized spacial score (nSPS) is 11.7. The standard InChI is InChI=1S/C12H15ClO3.C11H13ClO3.C2H6/c1-15-11(7-8-12(14)16-2)9-3-5-10(13)6-4-9;1-15-10(6-7-11(13)14)8-2-4-9(12)5-3-8;1-2/h3-6,11H,7-8H2,1-2H3;2-5,10H,6-7H2,1H3,(H,13,14);1-2H3. The number of aliphatic carboxylic acids is 1. The molecule has 2 aromatic carbocycles. The predicted molar refractivity (Wildman–Crippen MR) is 132 cm³/mol. The Labute approximate surface area is 206 Å². The average molecular weight is 501 g/mol. The minimum absolute atomic E-state index is 0.0983. The molecule has 0 aromatic heterocycles. The lowest BCUT2D eigenvalue weighted by molar-refractivity contribution is -0.141. The van der Waals surface area contributed by atoms with E-state index in [1.165, 1.54) is 7.11 Å². The quantitative estimate of drug-likeness (QED) is 0.357. The molecule has 0 aliphatic rings. The van der Waals surface area contributed by atoms with E-state index in [1.807, 2.05) is 38.1 Å². The van der Waals surface area contributed by atoms with E-state index in [2.05, 4.69) is 4.74 Å². The number of methoxy groups -OCH3 is 3. The minimum atomic E-state index is -0.814. The van der Waals surface area contributed by atoms with Gasteiger partial charge in [-0.2, -0.15) is 0 Å². The van der Waals surface area contributed by atoms with E-state index in [4.69, 9.17) is 37.8 Å². The Hall–Kier alpha value is -2.12. The Kier molecular flexibility index (Phi) is 17.1. The fraction of sp³-hybridized carbons (Fsp3) is 0.440. The zero-order chi connectivity index (χ0) is 25.2. The molecule has 0 aliphatic carbocycles. The maximum absolute atomic E-state index is 11.0. The molecule has 8 heteroatoms. The van der Waals surface area contributed by atoms with Gasteiger partial charge >= 0.3 is 11.9 Å². The van der Waals surface area contributed by atoms with Crippen LogP contribution in [0.3, 0.4) is 0 Å². The molecular weight excluding hydrogens is 467 g/mol. The lowest BCUT2D eigenvalue weighted by Crippen LogP contribution is -2.06. The van der Waals surface area contributed by atoms with Crippen molar-refractivity contribution in [1.82, 2.24) is 0 Å². The highest BCUT2D eigenvalue weighted by Crippen LogP contribution is 2.24. The zero-order valence-electron chi connectivity index (χ0n) is 19.8. The molecule has 1 N–H and O–H groups in total. The van der Waals surface area contributed by atoms with E-state index in [-0.39, 0.29) is 24.6 Å². The van der Waals surface area contributed by atoms with Crippen molar-refractivity contribution in [3.8, 4) is 0 Å². The first kappa shape index (κ1) is 30.9. The van der Waals surface area contributed by atoms with Crippen LogP contribution in [0.15, 0.2) is 48.5 Å². The number of carbonyl (C=O) groups excluding carboxylic acids is 1. The van der Waals surface area contributed by atoms with Gasteiger partial charge in [-0.15, -0.1) is 0 Å². The molecule has 0 spiro atoms. The fourth-order valence-corrected chi connectivity index (χ4v) is 3.05. The van der Waals surface area contributed by atoms with Crippen molar-refractivity contribution >= 4 is 35.1 Å². The second kappa shape index (κ2) is 18.3. The van der Waals surface area contributed by atoms with Gasteiger partial charge in [0.1, 0.15) is 0 Å². The highest BCUT2D eigenvalue weighted by atomic mass is 35.5. The van der Waals surface area contributed by atoms with Gasteiger partial charge in [0.2, 0.25) is 0 Å². The van der Waals surface area contributed by atoms with Crippen LogP contribution in [0.2, 0.25) is 10.0 Å². The lowest BCUT2D eigenvalue weighted by Gasteiger charge is -2.14. The fourth-order valence-electron chi connectivity index (χ4n) is 2.80. The summed E-state index contributed by atoms with van der Waals surface area (Å²) in [6.07, 6.45) is 1.23. The lowest BCUT2D eigenvalue weighted by atomic mass is 10.1. The topological polar surface area (TPSA) is 82.1 Å². The van der Waals surface area contributed by atoms with Crippen molar-refractivity contribution < 1.29 is 28.9 Å². The maximum Gasteiger partial charge on any atom is 0.305 e. The number of carboxylic acids is 1. The monoisotopic (exact) mass is 500 g/mol. The first-order valence-electron chi connectivity index (χ1n) is 10.7. The Bertz CT molecular complexity index is 794. The largest absolute Gasteiger partial charge is 0.481 e. The third kappa shape index (κ3) is 13.2. The van der Waals surface area contributed by atoms with Crippen LogP contribution >= 0.6 is 23.2 Å². The maximum atomic E-state index is 11.0. The summed E-state index contributed by atoms with van der Waals surface area (Å²) >= 11 is 11.5. The van der Waals surface area contributed by atoms with Gasteiger partial charge in [-0.3, -0.25) is 9.59 Å². The summed E-state index contributed by atoms with van der Waals surface area (Å²) in [5.41, 5.74) is 1.96. The molecule has 0 saturated carbocycles. The third-order valence-electron chi connectivity index (χ3n) is 4.51. The van der Waals surface area contributed by atoms with E-state index in [9.17, 15) is 9.59 Å². The van der Waals surface area contributed by atoms with Crippen LogP contribution in [0.4, 0.5) is 0 Å². The SMILES string of the molecule is CC.COC(=O)CCC(OC)c1ccc(Cl)cc1.COC(CCC(=O)O)c1ccc(Cl)cc1. The third-order valence-corrected chi connectivity index (χ3v) is 5.02. The number of ether oxygens (including phenoxy) is 3. The number of hydrogen-bond acceptors (Lipinski definition) is 5. The summed E-state index contributed by atoms with van der Waals surface area (Å²) in [5.74, 6) is -1.04. The van der Waals surface area contributed by atoms with Crippen LogP contribution in [0, 0.1) is 0 Å². The summed E-state index contributed by atoms with van der Waals surface area (Å²) in [7, 11) is 4.57. The van der Waals surface area contributed by atoms with Gasteiger partial charge in [0.15, 0.2) is 0 Å². The summed E-state index contributed by atoms with van der Waals surface area (Å²) in [4.78, 5) is 21.4. The van der Waals surface area contributed by atoms with Crippen molar-refractivity contribution in [2.24, 2.45) is 0 Å². The molecular formula is C25H34Cl2O6. The minimum Gasteiger partial charge on any atom is -0.481 e. The highest BCUT2D eigenvalue weighted by molar-refractivity contribution is 6.30. The first-order valence-corrected chi connectivity index (χ1v) is 11.4. The van der Waals surface area contributed by atoms with Crippen LogP contribution in [0.25, 0.3) is 0 Å². The zero-order valence-corrected chi connectivity index (χ0v) is 21.4. The second-order valence-electron chi connectivity index (χ2n) is 6.60. The predicted octanol–water partition coefficient (Wildman–Crippen LogP) is 6.90. The molecule has 2 atom stereocenters. The number of esters is 1. The van der Waals surface area contributed by atoms with Crippen LogP contribution in [0.1, 0.15) is 62.9 Å². The number of halogens is 2. The molecule has 2 rings (SSSR count). The first-order chi connectivity index (χ1) is 15.8. The molecule has 2 aromatic rings. The Morgan fingerprint density at radius 1 is 0.758 bits per heavy atom. The summed E-state index contributed by atoms with van der Waals surface area (Å²) in [6, 6.07) is 14.6. The van der Waals surface area contributed by atoms with Crippen LogP contribution in [-0.4, -0.2) is 38.4 Å². The smallest absolute Gasteiger partial charge is 0.305 e.